The van der Waals surface area contributed by atoms with Gasteiger partial charge >= 0.3 is 5.97 Å². The zero-order chi connectivity index (χ0) is 25.4. The molecule has 0 aromatic heterocycles. The first-order chi connectivity index (χ1) is 17.4. The van der Waals surface area contributed by atoms with E-state index in [4.69, 9.17) is 4.74 Å². The largest absolute Gasteiger partial charge is 0.460 e. The summed E-state index contributed by atoms with van der Waals surface area (Å²) in [5.74, 6) is -2.81. The standard InChI is InChI=1S/C28H26N2O5S/c31-27(29-18-21-9-3-1-4-10-21)26(28(32)35-20-22-11-5-2-6-12-22)19-30-36(33,34)25-16-15-23-13-7-8-14-24(23)17-25/h1-17,26,30H,18-20H2,(H,29,31)/t26-/m0/s1. The highest BCUT2D eigenvalue weighted by Crippen LogP contribution is 2.19. The lowest BCUT2D eigenvalue weighted by molar-refractivity contribution is -0.153. The smallest absolute Gasteiger partial charge is 0.320 e. The predicted octanol–water partition coefficient (Wildman–Crippen LogP) is 3.79. The fraction of sp³-hybridized carbons (Fsp3) is 0.143. The number of nitrogens with one attached hydrogen (secondary N) is 2. The number of esters is 1. The lowest BCUT2D eigenvalue weighted by Crippen LogP contribution is -2.43. The van der Waals surface area contributed by atoms with Crippen molar-refractivity contribution >= 4 is 32.7 Å². The molecule has 0 aliphatic rings. The molecule has 0 unspecified atom stereocenters. The van der Waals surface area contributed by atoms with Crippen molar-refractivity contribution in [2.45, 2.75) is 18.0 Å². The number of rotatable bonds is 10. The average Bonchev–Trinajstić information content (AvgIpc) is 2.91. The molecule has 0 aliphatic carbocycles. The number of sulfonamides is 1. The Morgan fingerprint density at radius 2 is 1.36 bits per heavy atom. The predicted molar refractivity (Wildman–Crippen MR) is 137 cm³/mol. The van der Waals surface area contributed by atoms with Gasteiger partial charge in [-0.05, 0) is 34.0 Å². The maximum atomic E-state index is 13.0. The number of carbonyl (C=O) groups excluding carboxylic acids is 2. The maximum Gasteiger partial charge on any atom is 0.320 e. The fourth-order valence-electron chi connectivity index (χ4n) is 3.63. The minimum absolute atomic E-state index is 0.0282. The second kappa shape index (κ2) is 11.6. The second-order valence-corrected chi connectivity index (χ2v) is 9.98. The van der Waals surface area contributed by atoms with Crippen molar-refractivity contribution in [2.24, 2.45) is 5.92 Å². The minimum Gasteiger partial charge on any atom is -0.460 e. The Labute approximate surface area is 210 Å². The fourth-order valence-corrected chi connectivity index (χ4v) is 4.71. The summed E-state index contributed by atoms with van der Waals surface area (Å²) < 4.78 is 33.7. The van der Waals surface area contributed by atoms with Crippen LogP contribution in [0, 0.1) is 5.92 Å². The summed E-state index contributed by atoms with van der Waals surface area (Å²) in [6, 6.07) is 30.4. The molecule has 2 N–H and O–H groups in total. The molecule has 36 heavy (non-hydrogen) atoms. The van der Waals surface area contributed by atoms with Crippen molar-refractivity contribution in [3.8, 4) is 0 Å². The zero-order valence-corrected chi connectivity index (χ0v) is 20.3. The van der Waals surface area contributed by atoms with E-state index in [1.54, 1.807) is 24.3 Å². The summed E-state index contributed by atoms with van der Waals surface area (Å²) in [7, 11) is -3.99. The van der Waals surface area contributed by atoms with E-state index >= 15 is 0 Å². The van der Waals surface area contributed by atoms with Crippen LogP contribution in [0.25, 0.3) is 10.8 Å². The van der Waals surface area contributed by atoms with Crippen molar-refractivity contribution in [3.05, 3.63) is 114 Å². The van der Waals surface area contributed by atoms with E-state index in [2.05, 4.69) is 10.0 Å². The van der Waals surface area contributed by atoms with Crippen LogP contribution in [0.15, 0.2) is 108 Å². The first kappa shape index (κ1) is 25.1. The van der Waals surface area contributed by atoms with Crippen molar-refractivity contribution in [1.29, 1.82) is 0 Å². The van der Waals surface area contributed by atoms with Crippen LogP contribution in [0.2, 0.25) is 0 Å². The molecule has 7 nitrogen and oxygen atoms in total. The van der Waals surface area contributed by atoms with Gasteiger partial charge in [-0.1, -0.05) is 91.0 Å². The lowest BCUT2D eigenvalue weighted by Gasteiger charge is -2.17. The van der Waals surface area contributed by atoms with E-state index in [0.29, 0.717) is 0 Å². The molecule has 4 aromatic carbocycles. The van der Waals surface area contributed by atoms with Crippen LogP contribution in [0.4, 0.5) is 0 Å². The highest BCUT2D eigenvalue weighted by molar-refractivity contribution is 7.89. The Hall–Kier alpha value is -4.01. The number of hydrogen-bond acceptors (Lipinski definition) is 5. The molecular weight excluding hydrogens is 476 g/mol. The normalized spacial score (nSPS) is 12.1. The van der Waals surface area contributed by atoms with E-state index in [0.717, 1.165) is 21.9 Å². The van der Waals surface area contributed by atoms with Crippen molar-refractivity contribution in [3.63, 3.8) is 0 Å². The molecule has 0 fully saturated rings. The molecule has 184 valence electrons. The highest BCUT2D eigenvalue weighted by atomic mass is 32.2. The first-order valence-electron chi connectivity index (χ1n) is 11.4. The van der Waals surface area contributed by atoms with Crippen LogP contribution < -0.4 is 10.0 Å². The van der Waals surface area contributed by atoms with Gasteiger partial charge in [-0.3, -0.25) is 9.59 Å². The van der Waals surface area contributed by atoms with Crippen LogP contribution in [-0.2, 0) is 37.5 Å². The van der Waals surface area contributed by atoms with E-state index in [9.17, 15) is 18.0 Å². The van der Waals surface area contributed by atoms with Gasteiger partial charge < -0.3 is 10.1 Å². The Kier molecular flexibility index (Phi) is 8.10. The van der Waals surface area contributed by atoms with Crippen LogP contribution in [0.1, 0.15) is 11.1 Å². The average molecular weight is 503 g/mol. The van der Waals surface area contributed by atoms with E-state index < -0.39 is 34.4 Å². The molecule has 8 heteroatoms. The molecule has 0 spiro atoms. The van der Waals surface area contributed by atoms with E-state index in [1.165, 1.54) is 6.07 Å². The molecule has 1 amide bonds. The van der Waals surface area contributed by atoms with E-state index in [-0.39, 0.29) is 18.0 Å². The van der Waals surface area contributed by atoms with E-state index in [1.807, 2.05) is 72.8 Å². The van der Waals surface area contributed by atoms with Gasteiger partial charge in [0, 0.05) is 13.1 Å². The van der Waals surface area contributed by atoms with Gasteiger partial charge in [0.25, 0.3) is 0 Å². The number of ether oxygens (including phenoxy) is 1. The molecule has 1 atom stereocenters. The van der Waals surface area contributed by atoms with Gasteiger partial charge in [0.15, 0.2) is 0 Å². The van der Waals surface area contributed by atoms with Gasteiger partial charge in [0.1, 0.15) is 12.5 Å². The summed E-state index contributed by atoms with van der Waals surface area (Å²) in [5, 5.41) is 4.37. The third kappa shape index (κ3) is 6.56. The SMILES string of the molecule is O=C(NCc1ccccc1)[C@H](CNS(=O)(=O)c1ccc2ccccc2c1)C(=O)OCc1ccccc1. The van der Waals surface area contributed by atoms with Gasteiger partial charge in [-0.2, -0.15) is 0 Å². The summed E-state index contributed by atoms with van der Waals surface area (Å²) in [4.78, 5) is 25.9. The van der Waals surface area contributed by atoms with Crippen LogP contribution in [0.5, 0.6) is 0 Å². The van der Waals surface area contributed by atoms with Crippen LogP contribution in [0.3, 0.4) is 0 Å². The third-order valence-corrected chi connectivity index (χ3v) is 7.06. The van der Waals surface area contributed by atoms with Gasteiger partial charge in [0.2, 0.25) is 15.9 Å². The minimum atomic E-state index is -3.99. The summed E-state index contributed by atoms with van der Waals surface area (Å²) in [6.45, 7) is -0.275. The Morgan fingerprint density at radius 1 is 0.750 bits per heavy atom. The molecule has 0 aliphatic heterocycles. The molecule has 0 saturated carbocycles. The Morgan fingerprint density at radius 3 is 2.06 bits per heavy atom. The zero-order valence-electron chi connectivity index (χ0n) is 19.5. The molecule has 0 bridgehead atoms. The summed E-state index contributed by atoms with van der Waals surface area (Å²) in [6.07, 6.45) is 0. The topological polar surface area (TPSA) is 102 Å². The lowest BCUT2D eigenvalue weighted by atomic mass is 10.1. The Balaban J connectivity index is 1.48. The van der Waals surface area contributed by atoms with Crippen LogP contribution >= 0.6 is 0 Å². The summed E-state index contributed by atoms with van der Waals surface area (Å²) in [5.41, 5.74) is 1.60. The number of benzene rings is 4. The summed E-state index contributed by atoms with van der Waals surface area (Å²) >= 11 is 0. The molecule has 0 saturated heterocycles. The number of hydrogen-bond donors (Lipinski definition) is 2. The van der Waals surface area contributed by atoms with Crippen LogP contribution in [-0.4, -0.2) is 26.8 Å². The van der Waals surface area contributed by atoms with Gasteiger partial charge in [0.05, 0.1) is 4.90 Å². The molecule has 0 radical (unpaired) electrons. The number of fused-ring (bicyclic) bond motifs is 1. The molecule has 4 aromatic rings. The third-order valence-electron chi connectivity index (χ3n) is 5.64. The van der Waals surface area contributed by atoms with Gasteiger partial charge in [-0.25, -0.2) is 13.1 Å². The highest BCUT2D eigenvalue weighted by Gasteiger charge is 2.30. The Bertz CT molecular complexity index is 1390. The number of carbonyl (C=O) groups is 2. The van der Waals surface area contributed by atoms with Crippen molar-refractivity contribution in [2.75, 3.05) is 6.54 Å². The maximum absolute atomic E-state index is 13.0. The van der Waals surface area contributed by atoms with Crippen molar-refractivity contribution < 1.29 is 22.7 Å². The molecular formula is C28H26N2O5S. The van der Waals surface area contributed by atoms with Crippen molar-refractivity contribution in [1.82, 2.24) is 10.0 Å². The first-order valence-corrected chi connectivity index (χ1v) is 12.9. The van der Waals surface area contributed by atoms with Gasteiger partial charge in [-0.15, -0.1) is 0 Å². The molecule has 4 rings (SSSR count). The number of amides is 1. The monoisotopic (exact) mass is 502 g/mol. The quantitative estimate of drug-likeness (QED) is 0.254. The second-order valence-electron chi connectivity index (χ2n) is 8.21. The molecule has 0 heterocycles.